The number of nitrogens with zero attached hydrogens (tertiary/aromatic N) is 2. The summed E-state index contributed by atoms with van der Waals surface area (Å²) in [7, 11) is 1.72. The van der Waals surface area contributed by atoms with Gasteiger partial charge in [-0.1, -0.05) is 0 Å². The summed E-state index contributed by atoms with van der Waals surface area (Å²) in [6.45, 7) is 0. The molecular weight excluding hydrogens is 280 g/mol. The molecule has 0 radical (unpaired) electrons. The van der Waals surface area contributed by atoms with Crippen molar-refractivity contribution in [2.75, 3.05) is 5.73 Å². The zero-order valence-corrected chi connectivity index (χ0v) is 9.92. The van der Waals surface area contributed by atoms with Gasteiger partial charge in [-0.05, 0) is 34.1 Å². The fourth-order valence-electron chi connectivity index (χ4n) is 1.32. The quantitative estimate of drug-likeness (QED) is 0.876. The van der Waals surface area contributed by atoms with Gasteiger partial charge in [-0.25, -0.2) is 13.8 Å². The first kappa shape index (κ1) is 11.1. The Balaban J connectivity index is 2.59. The van der Waals surface area contributed by atoms with Crippen LogP contribution in [0.4, 0.5) is 14.7 Å². The van der Waals surface area contributed by atoms with E-state index in [1.54, 1.807) is 11.6 Å². The first-order valence-electron chi connectivity index (χ1n) is 4.44. The van der Waals surface area contributed by atoms with E-state index in [1.165, 1.54) is 6.07 Å². The molecule has 3 nitrogen and oxygen atoms in total. The molecule has 0 spiro atoms. The van der Waals surface area contributed by atoms with Crippen LogP contribution in [0.2, 0.25) is 0 Å². The average molecular weight is 288 g/mol. The van der Waals surface area contributed by atoms with Crippen LogP contribution in [0.1, 0.15) is 0 Å². The third kappa shape index (κ3) is 1.69. The molecule has 1 heterocycles. The van der Waals surface area contributed by atoms with Crippen molar-refractivity contribution in [3.8, 4) is 11.3 Å². The van der Waals surface area contributed by atoms with Crippen LogP contribution in [0.25, 0.3) is 11.3 Å². The zero-order chi connectivity index (χ0) is 11.9. The molecule has 0 saturated heterocycles. The molecule has 2 aromatic rings. The number of hydrogen-bond donors (Lipinski definition) is 1. The Hall–Kier alpha value is -1.43. The highest BCUT2D eigenvalue weighted by molar-refractivity contribution is 9.10. The highest BCUT2D eigenvalue weighted by atomic mass is 79.9. The molecule has 16 heavy (non-hydrogen) atoms. The second kappa shape index (κ2) is 3.86. The van der Waals surface area contributed by atoms with Crippen LogP contribution in [0.5, 0.6) is 0 Å². The van der Waals surface area contributed by atoms with Crippen molar-refractivity contribution in [3.05, 3.63) is 34.4 Å². The monoisotopic (exact) mass is 287 g/mol. The van der Waals surface area contributed by atoms with Gasteiger partial charge in [0.25, 0.3) is 0 Å². The number of hydrogen-bond acceptors (Lipinski definition) is 2. The van der Waals surface area contributed by atoms with E-state index in [4.69, 9.17) is 5.73 Å². The lowest BCUT2D eigenvalue weighted by atomic mass is 10.1. The Morgan fingerprint density at radius 1 is 1.31 bits per heavy atom. The van der Waals surface area contributed by atoms with Crippen LogP contribution >= 0.6 is 15.9 Å². The van der Waals surface area contributed by atoms with Gasteiger partial charge in [0, 0.05) is 12.6 Å². The number of nitrogens with two attached hydrogens (primary N) is 1. The van der Waals surface area contributed by atoms with Crippen molar-refractivity contribution in [2.45, 2.75) is 0 Å². The summed E-state index contributed by atoms with van der Waals surface area (Å²) in [5, 5.41) is 0. The molecule has 2 rings (SSSR count). The Morgan fingerprint density at radius 2 is 2.00 bits per heavy atom. The van der Waals surface area contributed by atoms with Crippen LogP contribution in [-0.4, -0.2) is 9.55 Å². The van der Waals surface area contributed by atoms with Gasteiger partial charge in [0.15, 0.2) is 11.6 Å². The predicted molar refractivity (Wildman–Crippen MR) is 60.7 cm³/mol. The van der Waals surface area contributed by atoms with E-state index in [1.807, 2.05) is 0 Å². The van der Waals surface area contributed by atoms with Crippen LogP contribution in [0, 0.1) is 11.6 Å². The van der Waals surface area contributed by atoms with E-state index in [-0.39, 0.29) is 0 Å². The summed E-state index contributed by atoms with van der Waals surface area (Å²) in [4.78, 5) is 4.06. The second-order valence-corrected chi connectivity index (χ2v) is 4.05. The molecule has 2 N–H and O–H groups in total. The van der Waals surface area contributed by atoms with Gasteiger partial charge in [-0.15, -0.1) is 0 Å². The lowest BCUT2D eigenvalue weighted by Gasteiger charge is -1.99. The van der Waals surface area contributed by atoms with Crippen LogP contribution < -0.4 is 5.73 Å². The van der Waals surface area contributed by atoms with E-state index in [2.05, 4.69) is 20.9 Å². The number of halogens is 3. The third-order valence-electron chi connectivity index (χ3n) is 2.25. The SMILES string of the molecule is Cn1c(N)nc(-c2ccc(F)c(F)c2)c1Br. The Labute approximate surface area is 99.0 Å². The molecule has 6 heteroatoms. The topological polar surface area (TPSA) is 43.8 Å². The molecule has 0 unspecified atom stereocenters. The fourth-order valence-corrected chi connectivity index (χ4v) is 1.82. The van der Waals surface area contributed by atoms with Gasteiger partial charge in [0.2, 0.25) is 5.95 Å². The Kier molecular flexibility index (Phi) is 2.67. The second-order valence-electron chi connectivity index (χ2n) is 3.30. The van der Waals surface area contributed by atoms with Crippen LogP contribution in [0.3, 0.4) is 0 Å². The molecule has 1 aromatic heterocycles. The van der Waals surface area contributed by atoms with Crippen molar-refractivity contribution in [3.63, 3.8) is 0 Å². The number of imidazole rings is 1. The van der Waals surface area contributed by atoms with Crippen molar-refractivity contribution in [2.24, 2.45) is 7.05 Å². The van der Waals surface area contributed by atoms with E-state index in [0.29, 0.717) is 21.8 Å². The normalized spacial score (nSPS) is 10.8. The van der Waals surface area contributed by atoms with E-state index >= 15 is 0 Å². The maximum absolute atomic E-state index is 13.0. The molecule has 0 bridgehead atoms. The molecule has 1 aromatic carbocycles. The summed E-state index contributed by atoms with van der Waals surface area (Å²) in [5.41, 5.74) is 6.56. The average Bonchev–Trinajstić information content (AvgIpc) is 2.50. The van der Waals surface area contributed by atoms with Gasteiger partial charge in [0.05, 0.1) is 0 Å². The van der Waals surface area contributed by atoms with E-state index in [0.717, 1.165) is 12.1 Å². The molecule has 84 valence electrons. The largest absolute Gasteiger partial charge is 0.369 e. The minimum absolute atomic E-state index is 0.298. The molecular formula is C10H8BrF2N3. The van der Waals surface area contributed by atoms with Gasteiger partial charge in [-0.2, -0.15) is 0 Å². The molecule has 0 aliphatic rings. The summed E-state index contributed by atoms with van der Waals surface area (Å²) in [5.74, 6) is -1.50. The molecule has 0 atom stereocenters. The number of rotatable bonds is 1. The number of anilines is 1. The van der Waals surface area contributed by atoms with Crippen LogP contribution in [0.15, 0.2) is 22.8 Å². The summed E-state index contributed by atoms with van der Waals surface area (Å²) >= 11 is 3.29. The highest BCUT2D eigenvalue weighted by Gasteiger charge is 2.13. The fraction of sp³-hybridized carbons (Fsp3) is 0.100. The van der Waals surface area contributed by atoms with E-state index in [9.17, 15) is 8.78 Å². The highest BCUT2D eigenvalue weighted by Crippen LogP contribution is 2.29. The maximum atomic E-state index is 13.0. The van der Waals surface area contributed by atoms with E-state index < -0.39 is 11.6 Å². The van der Waals surface area contributed by atoms with Gasteiger partial charge in [-0.3, -0.25) is 0 Å². The first-order valence-corrected chi connectivity index (χ1v) is 5.23. The number of nitrogen functional groups attached to an aromatic ring is 1. The zero-order valence-electron chi connectivity index (χ0n) is 8.34. The maximum Gasteiger partial charge on any atom is 0.201 e. The van der Waals surface area contributed by atoms with Gasteiger partial charge in [0.1, 0.15) is 10.3 Å². The summed E-state index contributed by atoms with van der Waals surface area (Å²) in [6, 6.07) is 3.59. The lowest BCUT2D eigenvalue weighted by Crippen LogP contribution is -1.96. The van der Waals surface area contributed by atoms with Crippen molar-refractivity contribution in [1.82, 2.24) is 9.55 Å². The molecule has 0 aliphatic heterocycles. The van der Waals surface area contributed by atoms with Gasteiger partial charge >= 0.3 is 0 Å². The Morgan fingerprint density at radius 3 is 2.50 bits per heavy atom. The standard InChI is InChI=1S/C10H8BrF2N3/c1-16-9(11)8(15-10(16)14)5-2-3-6(12)7(13)4-5/h2-4H,1H3,(H2,14,15). The smallest absolute Gasteiger partial charge is 0.201 e. The summed E-state index contributed by atoms with van der Waals surface area (Å²) in [6.07, 6.45) is 0. The van der Waals surface area contributed by atoms with Crippen molar-refractivity contribution in [1.29, 1.82) is 0 Å². The van der Waals surface area contributed by atoms with Crippen molar-refractivity contribution >= 4 is 21.9 Å². The van der Waals surface area contributed by atoms with Crippen molar-refractivity contribution < 1.29 is 8.78 Å². The summed E-state index contributed by atoms with van der Waals surface area (Å²) < 4.78 is 28.0. The van der Waals surface area contributed by atoms with Crippen LogP contribution in [-0.2, 0) is 7.05 Å². The minimum Gasteiger partial charge on any atom is -0.369 e. The molecule has 0 amide bonds. The predicted octanol–water partition coefficient (Wildman–Crippen LogP) is 2.71. The Bertz CT molecular complexity index is 551. The van der Waals surface area contributed by atoms with Gasteiger partial charge < -0.3 is 10.3 Å². The molecule has 0 aliphatic carbocycles. The molecule has 0 saturated carbocycles. The lowest BCUT2D eigenvalue weighted by molar-refractivity contribution is 0.509. The number of benzene rings is 1. The molecule has 0 fully saturated rings. The minimum atomic E-state index is -0.909. The number of aromatic nitrogens is 2. The first-order chi connectivity index (χ1) is 7.50. The third-order valence-corrected chi connectivity index (χ3v) is 3.16.